The van der Waals surface area contributed by atoms with Crippen molar-refractivity contribution in [2.75, 3.05) is 39.3 Å². The Balaban J connectivity index is 1.51. The van der Waals surface area contributed by atoms with Crippen LogP contribution < -0.4 is 5.32 Å². The van der Waals surface area contributed by atoms with Gasteiger partial charge >= 0.3 is 0 Å². The second-order valence-corrected chi connectivity index (χ2v) is 6.87. The lowest BCUT2D eigenvalue weighted by atomic mass is 10.1. The molecule has 3 rings (SSSR count). The SMILES string of the molecule is CCN1CCN(C(=O)CCNC(=O)c2cc(-c3ccc(F)cc3)n(C)n2)CC1. The molecule has 0 aliphatic carbocycles. The second kappa shape index (κ2) is 8.97. The minimum absolute atomic E-state index is 0.0593. The molecule has 0 bridgehead atoms. The molecule has 1 saturated heterocycles. The van der Waals surface area contributed by atoms with Crippen molar-refractivity contribution >= 4 is 11.8 Å². The van der Waals surface area contributed by atoms with Gasteiger partial charge < -0.3 is 15.1 Å². The smallest absolute Gasteiger partial charge is 0.271 e. The summed E-state index contributed by atoms with van der Waals surface area (Å²) in [5, 5.41) is 6.98. The van der Waals surface area contributed by atoms with Crippen LogP contribution in [-0.4, -0.2) is 70.7 Å². The van der Waals surface area contributed by atoms with Gasteiger partial charge in [-0.15, -0.1) is 0 Å². The van der Waals surface area contributed by atoms with E-state index in [1.165, 1.54) is 12.1 Å². The van der Waals surface area contributed by atoms with Crippen LogP contribution in [0.3, 0.4) is 0 Å². The molecule has 2 amide bonds. The largest absolute Gasteiger partial charge is 0.350 e. The molecule has 1 fully saturated rings. The van der Waals surface area contributed by atoms with Gasteiger partial charge in [-0.1, -0.05) is 6.92 Å². The third kappa shape index (κ3) is 4.75. The quantitative estimate of drug-likeness (QED) is 0.816. The van der Waals surface area contributed by atoms with Gasteiger partial charge in [0.05, 0.1) is 5.69 Å². The van der Waals surface area contributed by atoms with E-state index >= 15 is 0 Å². The van der Waals surface area contributed by atoms with Gasteiger partial charge in [-0.3, -0.25) is 14.3 Å². The summed E-state index contributed by atoms with van der Waals surface area (Å²) in [4.78, 5) is 28.8. The number of hydrogen-bond donors (Lipinski definition) is 1. The Morgan fingerprint density at radius 3 is 2.46 bits per heavy atom. The lowest BCUT2D eigenvalue weighted by Gasteiger charge is -2.34. The number of nitrogens with one attached hydrogen (secondary N) is 1. The first kappa shape index (κ1) is 20.0. The van der Waals surface area contributed by atoms with Gasteiger partial charge in [-0.05, 0) is 42.4 Å². The predicted octanol–water partition coefficient (Wildman–Crippen LogP) is 1.51. The van der Waals surface area contributed by atoms with E-state index in [0.29, 0.717) is 0 Å². The zero-order valence-corrected chi connectivity index (χ0v) is 16.3. The Labute approximate surface area is 164 Å². The average Bonchev–Trinajstić information content (AvgIpc) is 3.10. The number of carbonyl (C=O) groups excluding carboxylic acids is 2. The van der Waals surface area contributed by atoms with E-state index in [2.05, 4.69) is 22.2 Å². The Hall–Kier alpha value is -2.74. The van der Waals surface area contributed by atoms with E-state index in [-0.39, 0.29) is 36.3 Å². The van der Waals surface area contributed by atoms with Gasteiger partial charge in [0.15, 0.2) is 5.69 Å². The van der Waals surface area contributed by atoms with E-state index in [4.69, 9.17) is 0 Å². The van der Waals surface area contributed by atoms with E-state index in [0.717, 1.165) is 44.0 Å². The van der Waals surface area contributed by atoms with Gasteiger partial charge in [-0.25, -0.2) is 4.39 Å². The topological polar surface area (TPSA) is 70.5 Å². The van der Waals surface area contributed by atoms with Gasteiger partial charge in [-0.2, -0.15) is 5.10 Å². The summed E-state index contributed by atoms with van der Waals surface area (Å²) in [6.07, 6.45) is 0.273. The van der Waals surface area contributed by atoms with Crippen LogP contribution in [0.4, 0.5) is 4.39 Å². The Morgan fingerprint density at radius 1 is 1.14 bits per heavy atom. The maximum atomic E-state index is 13.1. The van der Waals surface area contributed by atoms with Crippen LogP contribution in [-0.2, 0) is 11.8 Å². The first-order valence-corrected chi connectivity index (χ1v) is 9.56. The zero-order valence-electron chi connectivity index (χ0n) is 16.3. The third-order valence-corrected chi connectivity index (χ3v) is 5.05. The van der Waals surface area contributed by atoms with Crippen molar-refractivity contribution < 1.29 is 14.0 Å². The van der Waals surface area contributed by atoms with E-state index < -0.39 is 0 Å². The molecular weight excluding hydrogens is 361 g/mol. The monoisotopic (exact) mass is 387 g/mol. The van der Waals surface area contributed by atoms with Crippen LogP contribution in [0.2, 0.25) is 0 Å². The molecule has 1 aliphatic heterocycles. The van der Waals surface area contributed by atoms with Crippen LogP contribution >= 0.6 is 0 Å². The number of halogens is 1. The van der Waals surface area contributed by atoms with Crippen LogP contribution in [0.5, 0.6) is 0 Å². The predicted molar refractivity (Wildman–Crippen MR) is 104 cm³/mol. The fraction of sp³-hybridized carbons (Fsp3) is 0.450. The number of aryl methyl sites for hydroxylation is 1. The molecule has 0 unspecified atom stereocenters. The van der Waals surface area contributed by atoms with Crippen molar-refractivity contribution in [2.24, 2.45) is 7.05 Å². The average molecular weight is 387 g/mol. The van der Waals surface area contributed by atoms with Gasteiger partial charge in [0.2, 0.25) is 5.91 Å². The van der Waals surface area contributed by atoms with Crippen molar-refractivity contribution in [3.05, 3.63) is 41.8 Å². The number of piperazine rings is 1. The van der Waals surface area contributed by atoms with Crippen molar-refractivity contribution in [1.82, 2.24) is 24.9 Å². The molecule has 2 heterocycles. The molecule has 0 saturated carbocycles. The fourth-order valence-corrected chi connectivity index (χ4v) is 3.31. The van der Waals surface area contributed by atoms with Crippen molar-refractivity contribution in [3.63, 3.8) is 0 Å². The molecule has 1 aromatic carbocycles. The lowest BCUT2D eigenvalue weighted by Crippen LogP contribution is -2.49. The number of benzene rings is 1. The summed E-state index contributed by atoms with van der Waals surface area (Å²) in [6.45, 7) is 6.66. The summed E-state index contributed by atoms with van der Waals surface area (Å²) < 4.78 is 14.7. The number of nitrogens with zero attached hydrogens (tertiary/aromatic N) is 4. The summed E-state index contributed by atoms with van der Waals surface area (Å²) in [6, 6.07) is 7.69. The number of amides is 2. The highest BCUT2D eigenvalue weighted by molar-refractivity contribution is 5.93. The maximum Gasteiger partial charge on any atom is 0.271 e. The number of likely N-dealkylation sites (N-methyl/N-ethyl adjacent to an activating group) is 1. The van der Waals surface area contributed by atoms with Gasteiger partial charge in [0.25, 0.3) is 5.91 Å². The van der Waals surface area contributed by atoms with Crippen LogP contribution in [0.25, 0.3) is 11.3 Å². The van der Waals surface area contributed by atoms with Crippen LogP contribution in [0.15, 0.2) is 30.3 Å². The normalized spacial score (nSPS) is 14.9. The molecule has 28 heavy (non-hydrogen) atoms. The standard InChI is InChI=1S/C20H26FN5O2/c1-3-25-10-12-26(13-11-25)19(27)8-9-22-20(28)17-14-18(24(2)23-17)15-4-6-16(21)7-5-15/h4-7,14H,3,8-13H2,1-2H3,(H,22,28). The zero-order chi connectivity index (χ0) is 20.1. The molecule has 0 spiro atoms. The highest BCUT2D eigenvalue weighted by Gasteiger charge is 2.20. The van der Waals surface area contributed by atoms with E-state index in [1.54, 1.807) is 29.9 Å². The number of carbonyl (C=O) groups is 2. The molecule has 1 aromatic heterocycles. The molecule has 1 N–H and O–H groups in total. The van der Waals surface area contributed by atoms with Gasteiger partial charge in [0, 0.05) is 46.2 Å². The maximum absolute atomic E-state index is 13.1. The number of rotatable bonds is 6. The summed E-state index contributed by atoms with van der Waals surface area (Å²) >= 11 is 0. The number of aromatic nitrogens is 2. The van der Waals surface area contributed by atoms with E-state index in [9.17, 15) is 14.0 Å². The molecule has 8 heteroatoms. The summed E-state index contributed by atoms with van der Waals surface area (Å²) in [5.41, 5.74) is 1.76. The van der Waals surface area contributed by atoms with E-state index in [1.807, 2.05) is 4.90 Å². The van der Waals surface area contributed by atoms with Crippen molar-refractivity contribution in [2.45, 2.75) is 13.3 Å². The second-order valence-electron chi connectivity index (χ2n) is 6.87. The number of hydrogen-bond acceptors (Lipinski definition) is 4. The van der Waals surface area contributed by atoms with Crippen LogP contribution in [0, 0.1) is 5.82 Å². The first-order valence-electron chi connectivity index (χ1n) is 9.56. The Morgan fingerprint density at radius 2 is 1.82 bits per heavy atom. The summed E-state index contributed by atoms with van der Waals surface area (Å²) in [7, 11) is 1.73. The minimum Gasteiger partial charge on any atom is -0.350 e. The molecule has 0 radical (unpaired) electrons. The first-order chi connectivity index (χ1) is 13.5. The minimum atomic E-state index is -0.326. The van der Waals surface area contributed by atoms with Crippen molar-refractivity contribution in [1.29, 1.82) is 0 Å². The molecule has 7 nitrogen and oxygen atoms in total. The lowest BCUT2D eigenvalue weighted by molar-refractivity contribution is -0.132. The fourth-order valence-electron chi connectivity index (χ4n) is 3.31. The van der Waals surface area contributed by atoms with Crippen LogP contribution in [0.1, 0.15) is 23.8 Å². The summed E-state index contributed by atoms with van der Waals surface area (Å²) in [5.74, 6) is -0.582. The van der Waals surface area contributed by atoms with Gasteiger partial charge in [0.1, 0.15) is 5.82 Å². The molecule has 2 aromatic rings. The Bertz CT molecular complexity index is 826. The molecule has 0 atom stereocenters. The Kier molecular flexibility index (Phi) is 6.41. The highest BCUT2D eigenvalue weighted by atomic mass is 19.1. The third-order valence-electron chi connectivity index (χ3n) is 5.05. The molecule has 1 aliphatic rings. The van der Waals surface area contributed by atoms with Crippen molar-refractivity contribution in [3.8, 4) is 11.3 Å². The molecule has 150 valence electrons. The molecular formula is C20H26FN5O2. The highest BCUT2D eigenvalue weighted by Crippen LogP contribution is 2.20.